The van der Waals surface area contributed by atoms with Crippen molar-refractivity contribution in [1.29, 1.82) is 0 Å². The van der Waals surface area contributed by atoms with Crippen LogP contribution in [0, 0.1) is 18.6 Å². The first-order valence-electron chi connectivity index (χ1n) is 5.20. The van der Waals surface area contributed by atoms with Crippen LogP contribution in [-0.4, -0.2) is 12.6 Å². The molecule has 0 aromatic heterocycles. The third-order valence-corrected chi connectivity index (χ3v) is 3.18. The van der Waals surface area contributed by atoms with Gasteiger partial charge in [0.15, 0.2) is 0 Å². The van der Waals surface area contributed by atoms with Crippen molar-refractivity contribution >= 4 is 0 Å². The van der Waals surface area contributed by atoms with Gasteiger partial charge in [0, 0.05) is 11.1 Å². The molecule has 0 bridgehead atoms. The number of aryl methyl sites for hydroxylation is 1. The molecule has 15 heavy (non-hydrogen) atoms. The Kier molecular flexibility index (Phi) is 2.51. The molecule has 0 atom stereocenters. The molecule has 1 N–H and O–H groups in total. The second kappa shape index (κ2) is 3.56. The standard InChI is InChI=1S/C12H15F2N/c1-8-5-10(13)9(11(14)6-8)7-12(15-2)3-4-12/h5-6,15H,3-4,7H2,1-2H3. The third-order valence-electron chi connectivity index (χ3n) is 3.18. The molecule has 3 heteroatoms. The topological polar surface area (TPSA) is 12.0 Å². The smallest absolute Gasteiger partial charge is 0.129 e. The lowest BCUT2D eigenvalue weighted by atomic mass is 10.0. The molecule has 1 aromatic carbocycles. The maximum Gasteiger partial charge on any atom is 0.129 e. The number of likely N-dealkylation sites (N-methyl/N-ethyl adjacent to an activating group) is 1. The monoisotopic (exact) mass is 211 g/mol. The lowest BCUT2D eigenvalue weighted by molar-refractivity contribution is 0.494. The molecule has 1 aromatic rings. The van der Waals surface area contributed by atoms with Crippen LogP contribution in [0.15, 0.2) is 12.1 Å². The maximum absolute atomic E-state index is 13.5. The van der Waals surface area contributed by atoms with Gasteiger partial charge in [0.1, 0.15) is 11.6 Å². The van der Waals surface area contributed by atoms with E-state index in [1.807, 2.05) is 7.05 Å². The lowest BCUT2D eigenvalue weighted by Gasteiger charge is -2.15. The molecule has 1 aliphatic rings. The summed E-state index contributed by atoms with van der Waals surface area (Å²) in [7, 11) is 1.84. The zero-order chi connectivity index (χ0) is 11.1. The molecule has 1 fully saturated rings. The summed E-state index contributed by atoms with van der Waals surface area (Å²) < 4.78 is 27.1. The first-order chi connectivity index (χ1) is 7.06. The van der Waals surface area contributed by atoms with Crippen molar-refractivity contribution in [1.82, 2.24) is 5.32 Å². The molecule has 0 heterocycles. The normalized spacial score (nSPS) is 17.9. The van der Waals surface area contributed by atoms with Gasteiger partial charge in [-0.1, -0.05) is 0 Å². The van der Waals surface area contributed by atoms with E-state index in [0.717, 1.165) is 12.8 Å². The fourth-order valence-corrected chi connectivity index (χ4v) is 1.90. The number of rotatable bonds is 3. The van der Waals surface area contributed by atoms with Gasteiger partial charge in [0.25, 0.3) is 0 Å². The van der Waals surface area contributed by atoms with Crippen molar-refractivity contribution in [3.05, 3.63) is 34.9 Å². The van der Waals surface area contributed by atoms with Crippen LogP contribution in [0.2, 0.25) is 0 Å². The van der Waals surface area contributed by atoms with Gasteiger partial charge in [-0.25, -0.2) is 8.78 Å². The SMILES string of the molecule is CNC1(Cc2c(F)cc(C)cc2F)CC1. The molecule has 1 saturated carbocycles. The molecule has 0 spiro atoms. The minimum Gasteiger partial charge on any atom is -0.314 e. The van der Waals surface area contributed by atoms with Crippen LogP contribution < -0.4 is 5.32 Å². The van der Waals surface area contributed by atoms with E-state index in [4.69, 9.17) is 0 Å². The van der Waals surface area contributed by atoms with Crippen LogP contribution >= 0.6 is 0 Å². The zero-order valence-electron chi connectivity index (χ0n) is 9.03. The van der Waals surface area contributed by atoms with E-state index in [1.165, 1.54) is 12.1 Å². The van der Waals surface area contributed by atoms with Crippen molar-refractivity contribution in [3.63, 3.8) is 0 Å². The van der Waals surface area contributed by atoms with Gasteiger partial charge in [0.2, 0.25) is 0 Å². The van der Waals surface area contributed by atoms with Crippen molar-refractivity contribution < 1.29 is 8.78 Å². The molecule has 1 nitrogen and oxygen atoms in total. The van der Waals surface area contributed by atoms with Gasteiger partial charge in [-0.3, -0.25) is 0 Å². The Morgan fingerprint density at radius 3 is 2.20 bits per heavy atom. The molecular formula is C12H15F2N. The van der Waals surface area contributed by atoms with Gasteiger partial charge < -0.3 is 5.32 Å². The first-order valence-corrected chi connectivity index (χ1v) is 5.20. The molecule has 0 amide bonds. The summed E-state index contributed by atoms with van der Waals surface area (Å²) in [5.74, 6) is -0.844. The highest BCUT2D eigenvalue weighted by Gasteiger charge is 2.42. The highest BCUT2D eigenvalue weighted by atomic mass is 19.1. The highest BCUT2D eigenvalue weighted by molar-refractivity contribution is 5.28. The fraction of sp³-hybridized carbons (Fsp3) is 0.500. The summed E-state index contributed by atoms with van der Waals surface area (Å²) in [6.45, 7) is 1.70. The Bertz CT molecular complexity index is 360. The van der Waals surface area contributed by atoms with Crippen molar-refractivity contribution in [2.75, 3.05) is 7.05 Å². The minimum atomic E-state index is -0.422. The second-order valence-electron chi connectivity index (χ2n) is 4.41. The van der Waals surface area contributed by atoms with Crippen LogP contribution in [-0.2, 0) is 6.42 Å². The summed E-state index contributed by atoms with van der Waals surface area (Å²) in [6.07, 6.45) is 2.44. The van der Waals surface area contributed by atoms with E-state index < -0.39 is 11.6 Å². The molecule has 0 aliphatic heterocycles. The van der Waals surface area contributed by atoms with E-state index in [-0.39, 0.29) is 11.1 Å². The zero-order valence-corrected chi connectivity index (χ0v) is 9.03. The lowest BCUT2D eigenvalue weighted by Crippen LogP contribution is -2.30. The van der Waals surface area contributed by atoms with Crippen LogP contribution in [0.3, 0.4) is 0 Å². The summed E-state index contributed by atoms with van der Waals surface area (Å²) >= 11 is 0. The average Bonchev–Trinajstić information content (AvgIpc) is 2.92. The Balaban J connectivity index is 2.28. The molecule has 2 rings (SSSR count). The molecule has 0 saturated heterocycles. The fourth-order valence-electron chi connectivity index (χ4n) is 1.90. The minimum absolute atomic E-state index is 0.0586. The number of hydrogen-bond donors (Lipinski definition) is 1. The first kappa shape index (κ1) is 10.6. The van der Waals surface area contributed by atoms with E-state index >= 15 is 0 Å². The van der Waals surface area contributed by atoms with Crippen molar-refractivity contribution in [2.45, 2.75) is 31.7 Å². The van der Waals surface area contributed by atoms with Crippen molar-refractivity contribution in [2.24, 2.45) is 0 Å². The number of hydrogen-bond acceptors (Lipinski definition) is 1. The molecule has 1 aliphatic carbocycles. The van der Waals surface area contributed by atoms with Crippen molar-refractivity contribution in [3.8, 4) is 0 Å². The van der Waals surface area contributed by atoms with Crippen LogP contribution in [0.1, 0.15) is 24.0 Å². The van der Waals surface area contributed by atoms with Crippen LogP contribution in [0.4, 0.5) is 8.78 Å². The maximum atomic E-state index is 13.5. The third kappa shape index (κ3) is 2.02. The average molecular weight is 211 g/mol. The predicted octanol–water partition coefficient (Wildman–Crippen LogP) is 2.57. The summed E-state index contributed by atoms with van der Waals surface area (Å²) in [5.41, 5.74) is 0.784. The summed E-state index contributed by atoms with van der Waals surface area (Å²) in [6, 6.07) is 2.79. The van der Waals surface area contributed by atoms with Crippen LogP contribution in [0.25, 0.3) is 0 Å². The molecule has 82 valence electrons. The van der Waals surface area contributed by atoms with E-state index in [2.05, 4.69) is 5.32 Å². The van der Waals surface area contributed by atoms with Gasteiger partial charge in [-0.2, -0.15) is 0 Å². The van der Waals surface area contributed by atoms with Gasteiger partial charge >= 0.3 is 0 Å². The quantitative estimate of drug-likeness (QED) is 0.810. The Morgan fingerprint density at radius 1 is 1.27 bits per heavy atom. The van der Waals surface area contributed by atoms with E-state index in [1.54, 1.807) is 6.92 Å². The molecular weight excluding hydrogens is 196 g/mol. The van der Waals surface area contributed by atoms with E-state index in [0.29, 0.717) is 12.0 Å². The molecule has 0 radical (unpaired) electrons. The van der Waals surface area contributed by atoms with Gasteiger partial charge in [-0.15, -0.1) is 0 Å². The van der Waals surface area contributed by atoms with E-state index in [9.17, 15) is 8.78 Å². The molecule has 0 unspecified atom stereocenters. The second-order valence-corrected chi connectivity index (χ2v) is 4.41. The number of halogens is 2. The summed E-state index contributed by atoms with van der Waals surface area (Å²) in [5, 5.41) is 3.14. The predicted molar refractivity (Wildman–Crippen MR) is 55.8 cm³/mol. The Labute approximate surface area is 88.5 Å². The largest absolute Gasteiger partial charge is 0.314 e. The highest BCUT2D eigenvalue weighted by Crippen LogP contribution is 2.39. The number of benzene rings is 1. The van der Waals surface area contributed by atoms with Gasteiger partial charge in [0.05, 0.1) is 0 Å². The summed E-state index contributed by atoms with van der Waals surface area (Å²) in [4.78, 5) is 0. The Hall–Kier alpha value is -0.960. The number of nitrogens with one attached hydrogen (secondary N) is 1. The Morgan fingerprint density at radius 2 is 1.80 bits per heavy atom. The van der Waals surface area contributed by atoms with Crippen LogP contribution in [0.5, 0.6) is 0 Å². The van der Waals surface area contributed by atoms with Gasteiger partial charge in [-0.05, 0) is 50.9 Å².